The first kappa shape index (κ1) is 11.2. The van der Waals surface area contributed by atoms with Crippen molar-refractivity contribution in [2.75, 3.05) is 0 Å². The number of aromatic nitrogens is 2. The lowest BCUT2D eigenvalue weighted by atomic mass is 10.1. The van der Waals surface area contributed by atoms with E-state index >= 15 is 0 Å². The van der Waals surface area contributed by atoms with E-state index in [2.05, 4.69) is 9.97 Å². The Morgan fingerprint density at radius 3 is 2.89 bits per heavy atom. The minimum Gasteiger partial charge on any atom is -0.457 e. The summed E-state index contributed by atoms with van der Waals surface area (Å²) in [7, 11) is 0. The molecule has 2 N–H and O–H groups in total. The van der Waals surface area contributed by atoms with Gasteiger partial charge in [0, 0.05) is 17.8 Å². The van der Waals surface area contributed by atoms with Crippen LogP contribution in [-0.2, 0) is 0 Å². The van der Waals surface area contributed by atoms with E-state index in [0.717, 1.165) is 5.39 Å². The van der Waals surface area contributed by atoms with Gasteiger partial charge in [-0.05, 0) is 12.1 Å². The third-order valence-electron chi connectivity index (χ3n) is 2.72. The molecule has 90 valence electrons. The summed E-state index contributed by atoms with van der Waals surface area (Å²) in [6.45, 7) is 0. The van der Waals surface area contributed by atoms with Crippen LogP contribution in [0, 0.1) is 0 Å². The minimum atomic E-state index is -0.442. The van der Waals surface area contributed by atoms with Gasteiger partial charge in [-0.1, -0.05) is 23.7 Å². The predicted octanol–water partition coefficient (Wildman–Crippen LogP) is 2.92. The van der Waals surface area contributed by atoms with Crippen LogP contribution in [-0.4, -0.2) is 9.97 Å². The third-order valence-corrected chi connectivity index (χ3v) is 3.02. The Balaban J connectivity index is 2.07. The number of rotatable bonds is 2. The van der Waals surface area contributed by atoms with Crippen molar-refractivity contribution in [2.24, 2.45) is 5.73 Å². The quantitative estimate of drug-likeness (QED) is 0.768. The molecule has 3 aromatic rings. The molecule has 1 atom stereocenters. The molecule has 0 aliphatic carbocycles. The average Bonchev–Trinajstić information content (AvgIpc) is 2.84. The molecule has 4 nitrogen and oxygen atoms in total. The van der Waals surface area contributed by atoms with Crippen molar-refractivity contribution in [1.29, 1.82) is 0 Å². The normalized spacial score (nSPS) is 12.8. The molecule has 3 rings (SSSR count). The molecule has 1 unspecified atom stereocenters. The molecule has 5 heteroatoms. The molecule has 0 spiro atoms. The molecule has 0 amide bonds. The summed E-state index contributed by atoms with van der Waals surface area (Å²) in [6.07, 6.45) is 4.83. The summed E-state index contributed by atoms with van der Waals surface area (Å²) in [4.78, 5) is 8.16. The molecule has 0 aliphatic heterocycles. The summed E-state index contributed by atoms with van der Waals surface area (Å²) < 4.78 is 5.69. The van der Waals surface area contributed by atoms with Crippen LogP contribution in [0.4, 0.5) is 0 Å². The van der Waals surface area contributed by atoms with Crippen LogP contribution < -0.4 is 5.73 Å². The molecule has 0 bridgehead atoms. The van der Waals surface area contributed by atoms with Crippen molar-refractivity contribution in [3.63, 3.8) is 0 Å². The highest BCUT2D eigenvalue weighted by molar-refractivity contribution is 6.34. The second-order valence-electron chi connectivity index (χ2n) is 3.91. The van der Waals surface area contributed by atoms with E-state index < -0.39 is 6.04 Å². The number of hydrogen-bond acceptors (Lipinski definition) is 4. The van der Waals surface area contributed by atoms with Crippen molar-refractivity contribution in [2.45, 2.75) is 6.04 Å². The smallest absolute Gasteiger partial charge is 0.152 e. The number of fused-ring (bicyclic) bond motifs is 1. The summed E-state index contributed by atoms with van der Waals surface area (Å²) >= 11 is 6.06. The number of benzene rings is 1. The molecular formula is C13H10ClN3O. The minimum absolute atomic E-state index is 0.442. The van der Waals surface area contributed by atoms with Crippen LogP contribution in [0.3, 0.4) is 0 Å². The van der Waals surface area contributed by atoms with Gasteiger partial charge in [0.05, 0.1) is 16.9 Å². The van der Waals surface area contributed by atoms with E-state index in [-0.39, 0.29) is 0 Å². The third kappa shape index (κ3) is 1.85. The molecule has 2 heterocycles. The van der Waals surface area contributed by atoms with Gasteiger partial charge in [0.2, 0.25) is 0 Å². The van der Waals surface area contributed by atoms with Gasteiger partial charge in [-0.3, -0.25) is 9.97 Å². The van der Waals surface area contributed by atoms with Gasteiger partial charge in [-0.15, -0.1) is 0 Å². The van der Waals surface area contributed by atoms with E-state index in [1.165, 1.54) is 0 Å². The number of nitrogens with zero attached hydrogens (tertiary/aromatic N) is 2. The van der Waals surface area contributed by atoms with Gasteiger partial charge >= 0.3 is 0 Å². The zero-order valence-electron chi connectivity index (χ0n) is 9.38. The molecule has 18 heavy (non-hydrogen) atoms. The van der Waals surface area contributed by atoms with E-state index in [4.69, 9.17) is 21.8 Å². The molecule has 0 aliphatic rings. The molecule has 0 fully saturated rings. The number of para-hydroxylation sites is 1. The Morgan fingerprint density at radius 1 is 1.28 bits per heavy atom. The van der Waals surface area contributed by atoms with Crippen molar-refractivity contribution in [3.8, 4) is 0 Å². The van der Waals surface area contributed by atoms with Crippen molar-refractivity contribution in [1.82, 2.24) is 9.97 Å². The fraction of sp³-hybridized carbons (Fsp3) is 0.0769. The first-order valence-electron chi connectivity index (χ1n) is 5.45. The van der Waals surface area contributed by atoms with Gasteiger partial charge in [0.25, 0.3) is 0 Å². The maximum atomic E-state index is 6.09. The maximum Gasteiger partial charge on any atom is 0.152 e. The summed E-state index contributed by atoms with van der Waals surface area (Å²) in [5, 5.41) is 1.50. The Kier molecular flexibility index (Phi) is 2.74. The van der Waals surface area contributed by atoms with E-state index in [1.807, 2.05) is 18.2 Å². The Morgan fingerprint density at radius 2 is 2.17 bits per heavy atom. The summed E-state index contributed by atoms with van der Waals surface area (Å²) in [5.41, 5.74) is 7.40. The summed E-state index contributed by atoms with van der Waals surface area (Å²) in [5.74, 6) is 0.624. The molecule has 2 aromatic heterocycles. The van der Waals surface area contributed by atoms with E-state index in [0.29, 0.717) is 22.1 Å². The van der Waals surface area contributed by atoms with E-state index in [9.17, 15) is 0 Å². The topological polar surface area (TPSA) is 64.9 Å². The molecule has 0 saturated carbocycles. The zero-order chi connectivity index (χ0) is 12.5. The highest BCUT2D eigenvalue weighted by Gasteiger charge is 2.16. The van der Waals surface area contributed by atoms with Crippen LogP contribution in [0.5, 0.6) is 0 Å². The number of nitrogens with two attached hydrogens (primary N) is 1. The average molecular weight is 260 g/mol. The SMILES string of the molecule is NC(c1cnccn1)c1cc2cccc(Cl)c2o1. The molecule has 1 aromatic carbocycles. The number of hydrogen-bond donors (Lipinski definition) is 1. The Bertz CT molecular complexity index is 681. The standard InChI is InChI=1S/C13H10ClN3O/c14-9-3-1-2-8-6-11(18-13(8)9)12(15)10-7-16-4-5-17-10/h1-7,12H,15H2. The molecule has 0 radical (unpaired) electrons. The fourth-order valence-corrected chi connectivity index (χ4v) is 2.04. The largest absolute Gasteiger partial charge is 0.457 e. The first-order chi connectivity index (χ1) is 8.75. The second kappa shape index (κ2) is 4.40. The monoisotopic (exact) mass is 259 g/mol. The highest BCUT2D eigenvalue weighted by Crippen LogP contribution is 2.30. The van der Waals surface area contributed by atoms with Crippen molar-refractivity contribution >= 4 is 22.6 Å². The van der Waals surface area contributed by atoms with Crippen LogP contribution in [0.15, 0.2) is 47.3 Å². The second-order valence-corrected chi connectivity index (χ2v) is 4.32. The first-order valence-corrected chi connectivity index (χ1v) is 5.83. The molecule has 0 saturated heterocycles. The van der Waals surface area contributed by atoms with Gasteiger partial charge in [-0.25, -0.2) is 0 Å². The van der Waals surface area contributed by atoms with Crippen LogP contribution >= 0.6 is 11.6 Å². The Labute approximate surface area is 108 Å². The van der Waals surface area contributed by atoms with Gasteiger partial charge in [0.1, 0.15) is 11.8 Å². The number of furan rings is 1. The molecular weight excluding hydrogens is 250 g/mol. The Hall–Kier alpha value is -1.91. The van der Waals surface area contributed by atoms with Gasteiger partial charge in [0.15, 0.2) is 5.58 Å². The van der Waals surface area contributed by atoms with Crippen LogP contribution in [0.1, 0.15) is 17.5 Å². The maximum absolute atomic E-state index is 6.09. The van der Waals surface area contributed by atoms with Crippen LogP contribution in [0.2, 0.25) is 5.02 Å². The lowest BCUT2D eigenvalue weighted by molar-refractivity contribution is 0.520. The van der Waals surface area contributed by atoms with Gasteiger partial charge < -0.3 is 10.2 Å². The fourth-order valence-electron chi connectivity index (χ4n) is 1.82. The lowest BCUT2D eigenvalue weighted by Crippen LogP contribution is -2.12. The summed E-state index contributed by atoms with van der Waals surface area (Å²) in [6, 6.07) is 7.02. The van der Waals surface area contributed by atoms with Gasteiger partial charge in [-0.2, -0.15) is 0 Å². The lowest BCUT2D eigenvalue weighted by Gasteiger charge is -2.06. The highest BCUT2D eigenvalue weighted by atomic mass is 35.5. The zero-order valence-corrected chi connectivity index (χ0v) is 10.1. The number of halogens is 1. The predicted molar refractivity (Wildman–Crippen MR) is 69.3 cm³/mol. The van der Waals surface area contributed by atoms with Crippen LogP contribution in [0.25, 0.3) is 11.0 Å². The van der Waals surface area contributed by atoms with E-state index in [1.54, 1.807) is 24.7 Å². The van der Waals surface area contributed by atoms with Crippen molar-refractivity contribution < 1.29 is 4.42 Å². The van der Waals surface area contributed by atoms with Crippen molar-refractivity contribution in [3.05, 3.63) is 59.3 Å².